The summed E-state index contributed by atoms with van der Waals surface area (Å²) in [5, 5.41) is 29.7. The van der Waals surface area contributed by atoms with Gasteiger partial charge in [0.1, 0.15) is 0 Å². The molecule has 2 aliphatic rings. The van der Waals surface area contributed by atoms with Gasteiger partial charge < -0.3 is 9.84 Å². The lowest BCUT2D eigenvalue weighted by molar-refractivity contribution is -0.138. The van der Waals surface area contributed by atoms with Crippen LogP contribution in [0.1, 0.15) is 63.0 Å². The first-order chi connectivity index (χ1) is 10.6. The lowest BCUT2D eigenvalue weighted by atomic mass is 9.72. The number of hydrogen-bond donors (Lipinski definition) is 3. The zero-order valence-electron chi connectivity index (χ0n) is 13.1. The minimum absolute atomic E-state index is 0.0363. The van der Waals surface area contributed by atoms with Gasteiger partial charge in [-0.1, -0.05) is 32.3 Å². The molecule has 120 valence electrons. The molecule has 0 amide bonds. The highest BCUT2D eigenvalue weighted by molar-refractivity contribution is 6.04. The number of aromatic hydroxyl groups is 1. The third-order valence-electron chi connectivity index (χ3n) is 4.92. The van der Waals surface area contributed by atoms with Gasteiger partial charge in [-0.3, -0.25) is 10.6 Å². The van der Waals surface area contributed by atoms with Crippen LogP contribution >= 0.6 is 0 Å². The van der Waals surface area contributed by atoms with Crippen LogP contribution in [0.3, 0.4) is 0 Å². The van der Waals surface area contributed by atoms with Crippen molar-refractivity contribution >= 4 is 5.84 Å². The number of phenolic OH excluding ortho intramolecular Hbond substituents is 1. The van der Waals surface area contributed by atoms with Crippen molar-refractivity contribution in [1.29, 1.82) is 5.41 Å². The quantitative estimate of drug-likeness (QED) is 0.699. The Morgan fingerprint density at radius 3 is 2.68 bits per heavy atom. The van der Waals surface area contributed by atoms with E-state index in [9.17, 15) is 10.3 Å². The van der Waals surface area contributed by atoms with Crippen molar-refractivity contribution < 1.29 is 15.1 Å². The Morgan fingerprint density at radius 1 is 1.27 bits per heavy atom. The monoisotopic (exact) mass is 304 g/mol. The lowest BCUT2D eigenvalue weighted by Gasteiger charge is -2.43. The van der Waals surface area contributed by atoms with Crippen LogP contribution in [-0.4, -0.2) is 27.8 Å². The van der Waals surface area contributed by atoms with Crippen LogP contribution in [0.5, 0.6) is 11.5 Å². The maximum Gasteiger partial charge on any atom is 0.172 e. The number of ether oxygens (including phenoxy) is 1. The smallest absolute Gasteiger partial charge is 0.172 e. The molecule has 3 rings (SSSR count). The third-order valence-corrected chi connectivity index (χ3v) is 4.92. The number of nitrogens with zero attached hydrogens (tertiary/aromatic N) is 1. The molecule has 0 bridgehead atoms. The Labute approximate surface area is 131 Å². The molecule has 1 aromatic rings. The molecule has 0 saturated heterocycles. The van der Waals surface area contributed by atoms with Crippen molar-refractivity contribution in [2.75, 3.05) is 6.61 Å². The average molecular weight is 304 g/mol. The number of rotatable bonds is 6. The molecule has 1 fully saturated rings. The molecule has 1 spiro atoms. The number of unbranched alkanes of at least 4 members (excludes halogenated alkanes) is 3. The second-order valence-electron chi connectivity index (χ2n) is 6.29. The Balaban J connectivity index is 1.84. The zero-order valence-corrected chi connectivity index (χ0v) is 13.1. The number of hydroxylamine groups is 2. The molecule has 5 heteroatoms. The van der Waals surface area contributed by atoms with Gasteiger partial charge in [-0.05, 0) is 37.3 Å². The second-order valence-corrected chi connectivity index (χ2v) is 6.29. The standard InChI is InChI=1S/C17H24N2O3/c1-2-3-4-5-11-22-15-13(20)8-7-12-14(15)16(18)19(21)17(12)9-6-10-17/h7-8,18,20-21H,2-6,9-11H2,1H3. The summed E-state index contributed by atoms with van der Waals surface area (Å²) in [5.74, 6) is 0.430. The first kappa shape index (κ1) is 15.2. The van der Waals surface area contributed by atoms with Crippen LogP contribution in [0, 0.1) is 5.41 Å². The van der Waals surface area contributed by atoms with Gasteiger partial charge in [0.25, 0.3) is 0 Å². The molecule has 0 aromatic heterocycles. The molecular formula is C17H24N2O3. The van der Waals surface area contributed by atoms with Crippen LogP contribution in [0.15, 0.2) is 12.1 Å². The number of hydrogen-bond acceptors (Lipinski definition) is 4. The molecule has 1 aromatic carbocycles. The van der Waals surface area contributed by atoms with E-state index in [2.05, 4.69) is 6.92 Å². The molecular weight excluding hydrogens is 280 g/mol. The molecule has 3 N–H and O–H groups in total. The molecule has 1 heterocycles. The van der Waals surface area contributed by atoms with Crippen molar-refractivity contribution in [3.05, 3.63) is 23.3 Å². The van der Waals surface area contributed by atoms with E-state index in [0.29, 0.717) is 17.9 Å². The van der Waals surface area contributed by atoms with Crippen molar-refractivity contribution in [2.45, 2.75) is 57.4 Å². The average Bonchev–Trinajstić information content (AvgIpc) is 2.69. The largest absolute Gasteiger partial charge is 0.504 e. The number of nitrogens with one attached hydrogen (secondary N) is 1. The fourth-order valence-electron chi connectivity index (χ4n) is 3.47. The minimum Gasteiger partial charge on any atom is -0.504 e. The Bertz CT molecular complexity index is 582. The van der Waals surface area contributed by atoms with Gasteiger partial charge >= 0.3 is 0 Å². The van der Waals surface area contributed by atoms with Gasteiger partial charge in [0.2, 0.25) is 0 Å². The number of phenols is 1. The Kier molecular flexibility index (Phi) is 4.00. The molecule has 22 heavy (non-hydrogen) atoms. The van der Waals surface area contributed by atoms with Gasteiger partial charge in [-0.15, -0.1) is 0 Å². The van der Waals surface area contributed by atoms with E-state index in [-0.39, 0.29) is 11.6 Å². The second kappa shape index (κ2) is 5.80. The maximum atomic E-state index is 10.3. The molecule has 1 aliphatic carbocycles. The van der Waals surface area contributed by atoms with E-state index < -0.39 is 5.54 Å². The Hall–Kier alpha value is -1.75. The number of benzene rings is 1. The SMILES string of the molecule is CCCCCCOc1c(O)ccc2c1C(=N)N(O)C21CCC1. The summed E-state index contributed by atoms with van der Waals surface area (Å²) in [6.45, 7) is 2.68. The van der Waals surface area contributed by atoms with Crippen molar-refractivity contribution in [2.24, 2.45) is 0 Å². The van der Waals surface area contributed by atoms with E-state index in [4.69, 9.17) is 10.1 Å². The fourth-order valence-corrected chi connectivity index (χ4v) is 3.47. The predicted molar refractivity (Wildman–Crippen MR) is 83.7 cm³/mol. The third kappa shape index (κ3) is 2.15. The van der Waals surface area contributed by atoms with Gasteiger partial charge in [0, 0.05) is 0 Å². The highest BCUT2D eigenvalue weighted by Crippen LogP contribution is 2.54. The summed E-state index contributed by atoms with van der Waals surface area (Å²) in [5.41, 5.74) is 0.991. The summed E-state index contributed by atoms with van der Waals surface area (Å²) < 4.78 is 5.78. The normalized spacial score (nSPS) is 18.5. The van der Waals surface area contributed by atoms with Crippen LogP contribution in [-0.2, 0) is 5.54 Å². The molecule has 0 radical (unpaired) electrons. The summed E-state index contributed by atoms with van der Waals surface area (Å²) in [6.07, 6.45) is 7.07. The molecule has 1 aliphatic heterocycles. The Morgan fingerprint density at radius 2 is 2.05 bits per heavy atom. The van der Waals surface area contributed by atoms with E-state index in [1.54, 1.807) is 6.07 Å². The first-order valence-electron chi connectivity index (χ1n) is 8.19. The van der Waals surface area contributed by atoms with Crippen molar-refractivity contribution in [1.82, 2.24) is 5.06 Å². The summed E-state index contributed by atoms with van der Waals surface area (Å²) in [4.78, 5) is 0. The molecule has 0 atom stereocenters. The van der Waals surface area contributed by atoms with E-state index in [1.807, 2.05) is 6.07 Å². The number of fused-ring (bicyclic) bond motifs is 2. The maximum absolute atomic E-state index is 10.3. The highest BCUT2D eigenvalue weighted by Gasteiger charge is 2.53. The van der Waals surface area contributed by atoms with Gasteiger partial charge in [-0.2, -0.15) is 0 Å². The topological polar surface area (TPSA) is 76.8 Å². The fraction of sp³-hybridized carbons (Fsp3) is 0.588. The molecule has 0 unspecified atom stereocenters. The summed E-state index contributed by atoms with van der Waals surface area (Å²) in [6, 6.07) is 3.44. The first-order valence-corrected chi connectivity index (χ1v) is 8.19. The molecule has 1 saturated carbocycles. The van der Waals surface area contributed by atoms with E-state index >= 15 is 0 Å². The highest BCUT2D eigenvalue weighted by atomic mass is 16.5. The van der Waals surface area contributed by atoms with E-state index in [0.717, 1.165) is 42.7 Å². The minimum atomic E-state index is -0.472. The van der Waals surface area contributed by atoms with Crippen LogP contribution in [0.2, 0.25) is 0 Å². The summed E-state index contributed by atoms with van der Waals surface area (Å²) in [7, 11) is 0. The van der Waals surface area contributed by atoms with Gasteiger partial charge in [-0.25, -0.2) is 5.06 Å². The predicted octanol–water partition coefficient (Wildman–Crippen LogP) is 3.76. The van der Waals surface area contributed by atoms with Crippen LogP contribution in [0.4, 0.5) is 0 Å². The van der Waals surface area contributed by atoms with Crippen molar-refractivity contribution in [3.8, 4) is 11.5 Å². The van der Waals surface area contributed by atoms with Crippen LogP contribution in [0.25, 0.3) is 0 Å². The van der Waals surface area contributed by atoms with Crippen LogP contribution < -0.4 is 4.74 Å². The van der Waals surface area contributed by atoms with Gasteiger partial charge in [0.05, 0.1) is 17.7 Å². The molecule has 5 nitrogen and oxygen atoms in total. The zero-order chi connectivity index (χ0) is 15.7. The summed E-state index contributed by atoms with van der Waals surface area (Å²) >= 11 is 0. The van der Waals surface area contributed by atoms with Gasteiger partial charge in [0.15, 0.2) is 17.3 Å². The van der Waals surface area contributed by atoms with E-state index in [1.165, 1.54) is 12.8 Å². The lowest BCUT2D eigenvalue weighted by Crippen LogP contribution is -2.46. The van der Waals surface area contributed by atoms with Crippen molar-refractivity contribution in [3.63, 3.8) is 0 Å². The number of amidine groups is 1.